The number of hydrogen-bond donors (Lipinski definition) is 2. The number of nitrogens with zero attached hydrogens (tertiary/aromatic N) is 2. The molecule has 0 aliphatic heterocycles. The molecular formula is C12H20N4O2. The normalized spacial score (nSPS) is 10.1. The second-order valence-corrected chi connectivity index (χ2v) is 4.01. The zero-order valence-electron chi connectivity index (χ0n) is 10.8. The van der Waals surface area contributed by atoms with Crippen molar-refractivity contribution < 1.29 is 9.53 Å². The maximum atomic E-state index is 11.1. The summed E-state index contributed by atoms with van der Waals surface area (Å²) in [5.74, 6) is 0.621. The van der Waals surface area contributed by atoms with Crippen molar-refractivity contribution in [1.29, 1.82) is 0 Å². The van der Waals surface area contributed by atoms with Crippen LogP contribution in [0.4, 0.5) is 11.5 Å². The van der Waals surface area contributed by atoms with Crippen molar-refractivity contribution in [3.8, 4) is 5.88 Å². The van der Waals surface area contributed by atoms with Crippen LogP contribution in [0.1, 0.15) is 19.8 Å². The highest BCUT2D eigenvalue weighted by atomic mass is 16.5. The zero-order chi connectivity index (χ0) is 13.5. The van der Waals surface area contributed by atoms with Crippen molar-refractivity contribution in [2.75, 3.05) is 30.8 Å². The average molecular weight is 252 g/mol. The number of amides is 1. The highest BCUT2D eigenvalue weighted by Crippen LogP contribution is 2.22. The summed E-state index contributed by atoms with van der Waals surface area (Å²) >= 11 is 0. The minimum Gasteiger partial charge on any atom is -0.479 e. The van der Waals surface area contributed by atoms with Crippen LogP contribution in [0.3, 0.4) is 0 Å². The molecule has 1 amide bonds. The van der Waals surface area contributed by atoms with E-state index in [1.165, 1.54) is 7.11 Å². The number of nitrogen functional groups attached to an aromatic ring is 1. The van der Waals surface area contributed by atoms with Gasteiger partial charge in [0.15, 0.2) is 0 Å². The highest BCUT2D eigenvalue weighted by molar-refractivity contribution is 5.79. The van der Waals surface area contributed by atoms with Crippen LogP contribution in [0, 0.1) is 0 Å². The Kier molecular flexibility index (Phi) is 5.23. The van der Waals surface area contributed by atoms with Gasteiger partial charge in [-0.2, -0.15) is 4.98 Å². The second-order valence-electron chi connectivity index (χ2n) is 4.01. The maximum Gasteiger partial charge on any atom is 0.238 e. The van der Waals surface area contributed by atoms with E-state index in [2.05, 4.69) is 11.9 Å². The molecule has 1 aromatic rings. The molecule has 0 unspecified atom stereocenters. The van der Waals surface area contributed by atoms with Gasteiger partial charge in [-0.15, -0.1) is 0 Å². The number of carbonyl (C=O) groups excluding carboxylic acids is 1. The van der Waals surface area contributed by atoms with Gasteiger partial charge in [0.05, 0.1) is 19.3 Å². The Bertz CT molecular complexity index is 409. The third-order valence-corrected chi connectivity index (χ3v) is 2.52. The molecule has 0 atom stereocenters. The van der Waals surface area contributed by atoms with Crippen molar-refractivity contribution in [3.05, 3.63) is 12.1 Å². The molecule has 1 heterocycles. The molecule has 0 aromatic carbocycles. The number of primary amides is 1. The predicted molar refractivity (Wildman–Crippen MR) is 71.5 cm³/mol. The van der Waals surface area contributed by atoms with Crippen LogP contribution < -0.4 is 21.1 Å². The largest absolute Gasteiger partial charge is 0.479 e. The van der Waals surface area contributed by atoms with Crippen LogP contribution in [0.2, 0.25) is 0 Å². The fraction of sp³-hybridized carbons (Fsp3) is 0.500. The molecule has 0 saturated heterocycles. The quantitative estimate of drug-likeness (QED) is 0.747. The molecule has 0 bridgehead atoms. The first kappa shape index (κ1) is 14.1. The van der Waals surface area contributed by atoms with Gasteiger partial charge in [0.25, 0.3) is 0 Å². The molecule has 0 aliphatic rings. The topological polar surface area (TPSA) is 94.5 Å². The van der Waals surface area contributed by atoms with E-state index in [9.17, 15) is 4.79 Å². The van der Waals surface area contributed by atoms with Crippen LogP contribution in [0.5, 0.6) is 5.88 Å². The first-order chi connectivity index (χ1) is 8.58. The van der Waals surface area contributed by atoms with E-state index < -0.39 is 0 Å². The molecule has 0 radical (unpaired) electrons. The van der Waals surface area contributed by atoms with Crippen LogP contribution in [-0.4, -0.2) is 31.1 Å². The Morgan fingerprint density at radius 2 is 2.22 bits per heavy atom. The molecule has 6 heteroatoms. The summed E-state index contributed by atoms with van der Waals surface area (Å²) in [5, 5.41) is 0. The first-order valence-electron chi connectivity index (χ1n) is 5.92. The van der Waals surface area contributed by atoms with E-state index >= 15 is 0 Å². The Morgan fingerprint density at radius 1 is 1.50 bits per heavy atom. The van der Waals surface area contributed by atoms with Crippen molar-refractivity contribution in [2.45, 2.75) is 19.8 Å². The van der Waals surface area contributed by atoms with E-state index in [1.54, 1.807) is 12.1 Å². The Labute approximate surface area is 107 Å². The lowest BCUT2D eigenvalue weighted by molar-refractivity contribution is -0.116. The summed E-state index contributed by atoms with van der Waals surface area (Å²) < 4.78 is 5.07. The number of carbonyl (C=O) groups is 1. The van der Waals surface area contributed by atoms with Crippen molar-refractivity contribution >= 4 is 17.4 Å². The Morgan fingerprint density at radius 3 is 2.78 bits per heavy atom. The molecule has 1 aromatic heterocycles. The third kappa shape index (κ3) is 3.80. The van der Waals surface area contributed by atoms with Gasteiger partial charge >= 0.3 is 0 Å². The number of unbranched alkanes of at least 4 members (excludes halogenated alkanes) is 1. The number of ether oxygens (including phenoxy) is 1. The van der Waals surface area contributed by atoms with Gasteiger partial charge in [-0.05, 0) is 18.6 Å². The summed E-state index contributed by atoms with van der Waals surface area (Å²) in [6.07, 6.45) is 1.99. The van der Waals surface area contributed by atoms with Gasteiger partial charge in [0, 0.05) is 6.54 Å². The number of rotatable bonds is 7. The summed E-state index contributed by atoms with van der Waals surface area (Å²) in [7, 11) is 1.51. The molecule has 0 spiro atoms. The number of pyridine rings is 1. The number of methoxy groups -OCH3 is 1. The van der Waals surface area contributed by atoms with Gasteiger partial charge < -0.3 is 21.1 Å². The molecule has 0 fully saturated rings. The Hall–Kier alpha value is -1.98. The summed E-state index contributed by atoms with van der Waals surface area (Å²) in [6, 6.07) is 3.47. The van der Waals surface area contributed by atoms with Crippen molar-refractivity contribution in [3.63, 3.8) is 0 Å². The molecule has 0 saturated carbocycles. The van der Waals surface area contributed by atoms with Gasteiger partial charge in [0.1, 0.15) is 5.82 Å². The number of aromatic nitrogens is 1. The SMILES string of the molecule is CCCCN(CC(N)=O)c1ccc(N)c(OC)n1. The van der Waals surface area contributed by atoms with Crippen molar-refractivity contribution in [1.82, 2.24) is 4.98 Å². The monoisotopic (exact) mass is 252 g/mol. The Balaban J connectivity index is 2.92. The van der Waals surface area contributed by atoms with Crippen molar-refractivity contribution in [2.24, 2.45) is 5.73 Å². The lowest BCUT2D eigenvalue weighted by Crippen LogP contribution is -2.35. The lowest BCUT2D eigenvalue weighted by Gasteiger charge is -2.22. The molecular weight excluding hydrogens is 232 g/mol. The highest BCUT2D eigenvalue weighted by Gasteiger charge is 2.12. The zero-order valence-corrected chi connectivity index (χ0v) is 10.8. The summed E-state index contributed by atoms with van der Waals surface area (Å²) in [6.45, 7) is 2.94. The maximum absolute atomic E-state index is 11.1. The van der Waals surface area contributed by atoms with E-state index in [1.807, 2.05) is 4.90 Å². The third-order valence-electron chi connectivity index (χ3n) is 2.52. The molecule has 18 heavy (non-hydrogen) atoms. The molecule has 6 nitrogen and oxygen atoms in total. The van der Waals surface area contributed by atoms with Crippen LogP contribution in [0.15, 0.2) is 12.1 Å². The molecule has 0 aliphatic carbocycles. The second kappa shape index (κ2) is 6.68. The fourth-order valence-corrected chi connectivity index (χ4v) is 1.59. The number of hydrogen-bond acceptors (Lipinski definition) is 5. The number of anilines is 2. The van der Waals surface area contributed by atoms with Crippen LogP contribution in [-0.2, 0) is 4.79 Å². The van der Waals surface area contributed by atoms with Crippen LogP contribution >= 0.6 is 0 Å². The minimum absolute atomic E-state index is 0.139. The predicted octanol–water partition coefficient (Wildman–Crippen LogP) is 0.764. The number of nitrogens with two attached hydrogens (primary N) is 2. The smallest absolute Gasteiger partial charge is 0.238 e. The fourth-order valence-electron chi connectivity index (χ4n) is 1.59. The minimum atomic E-state index is -0.385. The lowest BCUT2D eigenvalue weighted by atomic mass is 10.3. The van der Waals surface area contributed by atoms with Gasteiger partial charge in [-0.1, -0.05) is 13.3 Å². The first-order valence-corrected chi connectivity index (χ1v) is 5.92. The van der Waals surface area contributed by atoms with E-state index in [0.717, 1.165) is 19.4 Å². The summed E-state index contributed by atoms with van der Waals surface area (Å²) in [4.78, 5) is 17.2. The average Bonchev–Trinajstić information content (AvgIpc) is 2.34. The van der Waals surface area contributed by atoms with E-state index in [0.29, 0.717) is 17.4 Å². The molecule has 100 valence electrons. The standard InChI is InChI=1S/C12H20N4O2/c1-3-4-7-16(8-10(14)17)11-6-5-9(13)12(15-11)18-2/h5-6H,3-4,7-8,13H2,1-2H3,(H2,14,17). The van der Waals surface area contributed by atoms with Gasteiger partial charge in [-0.3, -0.25) is 4.79 Å². The molecule has 4 N–H and O–H groups in total. The van der Waals surface area contributed by atoms with Gasteiger partial charge in [0.2, 0.25) is 11.8 Å². The van der Waals surface area contributed by atoms with Crippen LogP contribution in [0.25, 0.3) is 0 Å². The van der Waals surface area contributed by atoms with Gasteiger partial charge in [-0.25, -0.2) is 0 Å². The summed E-state index contributed by atoms with van der Waals surface area (Å²) in [5.41, 5.74) is 11.4. The molecule has 1 rings (SSSR count). The van der Waals surface area contributed by atoms with E-state index in [4.69, 9.17) is 16.2 Å². The van der Waals surface area contributed by atoms with E-state index in [-0.39, 0.29) is 12.5 Å².